The lowest BCUT2D eigenvalue weighted by Crippen LogP contribution is -1.98. The van der Waals surface area contributed by atoms with Crippen molar-refractivity contribution in [3.63, 3.8) is 0 Å². The number of para-hydroxylation sites is 2. The van der Waals surface area contributed by atoms with E-state index in [1.165, 1.54) is 11.1 Å². The third-order valence-electron chi connectivity index (χ3n) is 3.92. The normalized spacial score (nSPS) is 11.0. The van der Waals surface area contributed by atoms with Crippen LogP contribution in [0.1, 0.15) is 5.56 Å². The maximum atomic E-state index is 4.88. The van der Waals surface area contributed by atoms with Crippen LogP contribution in [0.2, 0.25) is 0 Å². The van der Waals surface area contributed by atoms with Crippen molar-refractivity contribution in [2.45, 2.75) is 6.92 Å². The molecule has 106 valence electrons. The van der Waals surface area contributed by atoms with Gasteiger partial charge in [-0.2, -0.15) is 0 Å². The standard InChI is InChI=1S/C20H16N2/c1-15-9-8-14-18-19(15)22(17-12-6-3-7-13-17)20(21-18)16-10-4-2-5-11-16/h2-14H,1H3. The Bertz CT molecular complexity index is 922. The van der Waals surface area contributed by atoms with Crippen LogP contribution >= 0.6 is 0 Å². The van der Waals surface area contributed by atoms with Crippen molar-refractivity contribution >= 4 is 11.0 Å². The monoisotopic (exact) mass is 284 g/mol. The van der Waals surface area contributed by atoms with Crippen molar-refractivity contribution in [3.8, 4) is 17.1 Å². The molecule has 0 N–H and O–H groups in total. The minimum atomic E-state index is 0.983. The van der Waals surface area contributed by atoms with Crippen molar-refractivity contribution in [1.29, 1.82) is 0 Å². The van der Waals surface area contributed by atoms with Crippen LogP contribution in [0.25, 0.3) is 28.1 Å². The molecule has 0 spiro atoms. The van der Waals surface area contributed by atoms with Crippen molar-refractivity contribution in [2.24, 2.45) is 0 Å². The Morgan fingerprint density at radius 3 is 2.14 bits per heavy atom. The molecule has 0 saturated carbocycles. The number of hydrogen-bond acceptors (Lipinski definition) is 1. The second-order valence-corrected chi connectivity index (χ2v) is 5.42. The Kier molecular flexibility index (Phi) is 3.01. The summed E-state index contributed by atoms with van der Waals surface area (Å²) in [6.07, 6.45) is 0. The first-order valence-electron chi connectivity index (χ1n) is 7.43. The molecule has 0 amide bonds. The maximum absolute atomic E-state index is 4.88. The third kappa shape index (κ3) is 2.01. The van der Waals surface area contributed by atoms with E-state index in [1.54, 1.807) is 0 Å². The molecule has 0 aliphatic heterocycles. The van der Waals surface area contributed by atoms with Crippen LogP contribution in [0.15, 0.2) is 78.9 Å². The van der Waals surface area contributed by atoms with Gasteiger partial charge >= 0.3 is 0 Å². The van der Waals surface area contributed by atoms with Crippen molar-refractivity contribution < 1.29 is 0 Å². The van der Waals surface area contributed by atoms with E-state index in [1.807, 2.05) is 12.1 Å². The number of hydrogen-bond donors (Lipinski definition) is 0. The van der Waals surface area contributed by atoms with Gasteiger partial charge in [-0.1, -0.05) is 60.7 Å². The van der Waals surface area contributed by atoms with Crippen molar-refractivity contribution in [1.82, 2.24) is 9.55 Å². The molecule has 0 radical (unpaired) electrons. The van der Waals surface area contributed by atoms with Crippen LogP contribution < -0.4 is 0 Å². The molecule has 0 bridgehead atoms. The zero-order valence-electron chi connectivity index (χ0n) is 12.4. The number of aryl methyl sites for hydroxylation is 1. The Balaban J connectivity index is 2.11. The summed E-state index contributed by atoms with van der Waals surface area (Å²) in [4.78, 5) is 4.88. The smallest absolute Gasteiger partial charge is 0.145 e. The second-order valence-electron chi connectivity index (χ2n) is 5.42. The first kappa shape index (κ1) is 12.8. The number of imidazole rings is 1. The molecule has 0 aliphatic carbocycles. The summed E-state index contributed by atoms with van der Waals surface area (Å²) < 4.78 is 2.25. The van der Waals surface area contributed by atoms with Gasteiger partial charge in [-0.3, -0.25) is 4.57 Å². The molecule has 2 nitrogen and oxygen atoms in total. The van der Waals surface area contributed by atoms with E-state index in [9.17, 15) is 0 Å². The molecule has 0 fully saturated rings. The SMILES string of the molecule is Cc1cccc2nc(-c3ccccc3)n(-c3ccccc3)c12. The summed E-state index contributed by atoms with van der Waals surface area (Å²) in [5.41, 5.74) is 5.70. The molecule has 0 atom stereocenters. The van der Waals surface area contributed by atoms with Gasteiger partial charge in [-0.15, -0.1) is 0 Å². The number of nitrogens with zero attached hydrogens (tertiary/aromatic N) is 2. The fraction of sp³-hybridized carbons (Fsp3) is 0.0500. The number of aromatic nitrogens is 2. The lowest BCUT2D eigenvalue weighted by Gasteiger charge is -2.10. The fourth-order valence-corrected chi connectivity index (χ4v) is 2.90. The summed E-state index contributed by atoms with van der Waals surface area (Å²) in [5.74, 6) is 0.983. The number of benzene rings is 3. The maximum Gasteiger partial charge on any atom is 0.145 e. The van der Waals surface area contributed by atoms with Gasteiger partial charge < -0.3 is 0 Å². The molecule has 4 aromatic rings. The molecule has 2 heteroatoms. The number of fused-ring (bicyclic) bond motifs is 1. The van der Waals surface area contributed by atoms with Crippen molar-refractivity contribution in [2.75, 3.05) is 0 Å². The Hall–Kier alpha value is -2.87. The quantitative estimate of drug-likeness (QED) is 0.506. The molecule has 1 heterocycles. The minimum Gasteiger partial charge on any atom is -0.292 e. The molecule has 4 rings (SSSR count). The Morgan fingerprint density at radius 2 is 1.41 bits per heavy atom. The van der Waals surface area contributed by atoms with Gasteiger partial charge in [0, 0.05) is 11.3 Å². The summed E-state index contributed by atoms with van der Waals surface area (Å²) in [6.45, 7) is 2.14. The highest BCUT2D eigenvalue weighted by molar-refractivity contribution is 5.85. The van der Waals surface area contributed by atoms with E-state index in [2.05, 4.69) is 78.2 Å². The van der Waals surface area contributed by atoms with Crippen LogP contribution in [0.3, 0.4) is 0 Å². The molecule has 1 aromatic heterocycles. The van der Waals surface area contributed by atoms with Gasteiger partial charge in [-0.25, -0.2) is 4.98 Å². The van der Waals surface area contributed by atoms with E-state index in [0.29, 0.717) is 0 Å². The predicted molar refractivity (Wildman–Crippen MR) is 91.2 cm³/mol. The second kappa shape index (κ2) is 5.15. The van der Waals surface area contributed by atoms with Gasteiger partial charge in [0.1, 0.15) is 5.82 Å². The zero-order chi connectivity index (χ0) is 14.9. The molecule has 22 heavy (non-hydrogen) atoms. The summed E-state index contributed by atoms with van der Waals surface area (Å²) in [6, 6.07) is 27.0. The molecule has 0 saturated heterocycles. The van der Waals surface area contributed by atoms with Gasteiger partial charge in [0.15, 0.2) is 0 Å². The summed E-state index contributed by atoms with van der Waals surface area (Å²) >= 11 is 0. The van der Waals surface area contributed by atoms with Crippen LogP contribution in [-0.2, 0) is 0 Å². The molecular weight excluding hydrogens is 268 g/mol. The van der Waals surface area contributed by atoms with Gasteiger partial charge in [0.05, 0.1) is 11.0 Å². The van der Waals surface area contributed by atoms with Gasteiger partial charge in [-0.05, 0) is 30.7 Å². The van der Waals surface area contributed by atoms with E-state index >= 15 is 0 Å². The largest absolute Gasteiger partial charge is 0.292 e. The summed E-state index contributed by atoms with van der Waals surface area (Å²) in [7, 11) is 0. The minimum absolute atomic E-state index is 0.983. The van der Waals surface area contributed by atoms with Crippen LogP contribution in [0.5, 0.6) is 0 Å². The average Bonchev–Trinajstić information content (AvgIpc) is 2.97. The highest BCUT2D eigenvalue weighted by Gasteiger charge is 2.15. The summed E-state index contributed by atoms with van der Waals surface area (Å²) in [5, 5.41) is 0. The van der Waals surface area contributed by atoms with E-state index in [0.717, 1.165) is 22.6 Å². The molecule has 0 aliphatic rings. The highest BCUT2D eigenvalue weighted by Crippen LogP contribution is 2.30. The highest BCUT2D eigenvalue weighted by atomic mass is 15.1. The van der Waals surface area contributed by atoms with Crippen LogP contribution in [0, 0.1) is 6.92 Å². The first-order chi connectivity index (χ1) is 10.8. The molecular formula is C20H16N2. The number of rotatable bonds is 2. The van der Waals surface area contributed by atoms with E-state index in [-0.39, 0.29) is 0 Å². The van der Waals surface area contributed by atoms with Crippen molar-refractivity contribution in [3.05, 3.63) is 84.4 Å². The van der Waals surface area contributed by atoms with E-state index < -0.39 is 0 Å². The van der Waals surface area contributed by atoms with E-state index in [4.69, 9.17) is 4.98 Å². The lowest BCUT2D eigenvalue weighted by molar-refractivity contribution is 1.10. The van der Waals surface area contributed by atoms with Crippen LogP contribution in [-0.4, -0.2) is 9.55 Å². The Morgan fingerprint density at radius 1 is 0.727 bits per heavy atom. The first-order valence-corrected chi connectivity index (χ1v) is 7.43. The van der Waals surface area contributed by atoms with Gasteiger partial charge in [0.2, 0.25) is 0 Å². The fourth-order valence-electron chi connectivity index (χ4n) is 2.90. The third-order valence-corrected chi connectivity index (χ3v) is 3.92. The predicted octanol–water partition coefficient (Wildman–Crippen LogP) is 5.00. The van der Waals surface area contributed by atoms with Crippen LogP contribution in [0.4, 0.5) is 0 Å². The zero-order valence-corrected chi connectivity index (χ0v) is 12.4. The molecule has 0 unspecified atom stereocenters. The topological polar surface area (TPSA) is 17.8 Å². The lowest BCUT2D eigenvalue weighted by atomic mass is 10.2. The Labute approximate surface area is 129 Å². The average molecular weight is 284 g/mol. The van der Waals surface area contributed by atoms with Gasteiger partial charge in [0.25, 0.3) is 0 Å². The molecule has 3 aromatic carbocycles.